The number of thiocarbonyl (C=S) groups is 1. The molecule has 1 saturated heterocycles. The van der Waals surface area contributed by atoms with Gasteiger partial charge in [0.1, 0.15) is 17.9 Å². The van der Waals surface area contributed by atoms with E-state index in [1.54, 1.807) is 48.5 Å². The monoisotopic (exact) mass is 604 g/mol. The predicted molar refractivity (Wildman–Crippen MR) is 140 cm³/mol. The second-order valence-corrected chi connectivity index (χ2v) is 9.62. The molecule has 166 valence electrons. The number of hydrogen-bond donors (Lipinski definition) is 1. The second kappa shape index (κ2) is 10.2. The maximum Gasteiger partial charge on any atom is 0.270 e. The van der Waals surface area contributed by atoms with Crippen LogP contribution in [0.15, 0.2) is 81.2 Å². The van der Waals surface area contributed by atoms with E-state index < -0.39 is 11.8 Å². The molecule has 0 unspecified atom stereocenters. The number of ether oxygens (including phenoxy) is 1. The van der Waals surface area contributed by atoms with Gasteiger partial charge in [-0.25, -0.2) is 0 Å². The van der Waals surface area contributed by atoms with Gasteiger partial charge in [0, 0.05) is 19.5 Å². The van der Waals surface area contributed by atoms with Crippen molar-refractivity contribution < 1.29 is 14.3 Å². The van der Waals surface area contributed by atoms with Gasteiger partial charge >= 0.3 is 0 Å². The summed E-state index contributed by atoms with van der Waals surface area (Å²) in [5.74, 6) is -0.414. The molecular weight excluding hydrogens is 592 g/mol. The van der Waals surface area contributed by atoms with Crippen LogP contribution in [0.25, 0.3) is 6.08 Å². The Morgan fingerprint density at radius 2 is 1.79 bits per heavy atom. The van der Waals surface area contributed by atoms with Gasteiger partial charge in [-0.05, 0) is 66.3 Å². The molecule has 1 fully saturated rings. The Kier molecular flexibility index (Phi) is 7.29. The Labute approximate surface area is 217 Å². The maximum atomic E-state index is 13.1. The quantitative estimate of drug-likeness (QED) is 0.211. The first-order chi connectivity index (χ1) is 15.8. The van der Waals surface area contributed by atoms with Crippen molar-refractivity contribution >= 4 is 84.4 Å². The molecule has 5 nitrogen and oxygen atoms in total. The molecule has 1 N–H and O–H groups in total. The number of anilines is 1. The van der Waals surface area contributed by atoms with Crippen LogP contribution in [0.1, 0.15) is 11.1 Å². The number of amides is 2. The minimum atomic E-state index is -0.552. The number of carbonyl (C=O) groups is 2. The van der Waals surface area contributed by atoms with Crippen molar-refractivity contribution in [1.82, 2.24) is 5.32 Å². The number of nitrogens with zero attached hydrogens (tertiary/aromatic N) is 1. The average molecular weight is 607 g/mol. The fourth-order valence-corrected chi connectivity index (χ4v) is 4.76. The Morgan fingerprint density at radius 1 is 1.03 bits per heavy atom. The average Bonchev–Trinajstić information content (AvgIpc) is 2.77. The molecule has 4 rings (SSSR count). The molecule has 33 heavy (non-hydrogen) atoms. The molecular formula is C24H15Br2ClN2O3S. The zero-order valence-electron chi connectivity index (χ0n) is 16.8. The molecule has 3 aromatic rings. The lowest BCUT2D eigenvalue weighted by Gasteiger charge is -2.29. The number of benzene rings is 3. The summed E-state index contributed by atoms with van der Waals surface area (Å²) in [7, 11) is 0. The van der Waals surface area contributed by atoms with Crippen molar-refractivity contribution in [2.24, 2.45) is 0 Å². The lowest BCUT2D eigenvalue weighted by atomic mass is 10.1. The van der Waals surface area contributed by atoms with Gasteiger partial charge in [-0.15, -0.1) is 0 Å². The van der Waals surface area contributed by atoms with Gasteiger partial charge in [-0.3, -0.25) is 19.8 Å². The molecule has 0 radical (unpaired) electrons. The highest BCUT2D eigenvalue weighted by atomic mass is 79.9. The van der Waals surface area contributed by atoms with Crippen LogP contribution < -0.4 is 15.0 Å². The summed E-state index contributed by atoms with van der Waals surface area (Å²) in [4.78, 5) is 26.8. The van der Waals surface area contributed by atoms with Crippen LogP contribution in [0.3, 0.4) is 0 Å². The van der Waals surface area contributed by atoms with E-state index in [4.69, 9.17) is 28.6 Å². The summed E-state index contributed by atoms with van der Waals surface area (Å²) in [5.41, 5.74) is 2.12. The van der Waals surface area contributed by atoms with Crippen molar-refractivity contribution in [2.75, 3.05) is 4.90 Å². The first-order valence-electron chi connectivity index (χ1n) is 9.65. The van der Waals surface area contributed by atoms with Crippen LogP contribution in [-0.2, 0) is 16.2 Å². The highest BCUT2D eigenvalue weighted by Gasteiger charge is 2.34. The first kappa shape index (κ1) is 23.6. The third kappa shape index (κ3) is 5.52. The summed E-state index contributed by atoms with van der Waals surface area (Å²) in [6.45, 7) is 0.390. The fraction of sp³-hybridized carbons (Fsp3) is 0.0417. The summed E-state index contributed by atoms with van der Waals surface area (Å²) in [5, 5.41) is 3.02. The van der Waals surface area contributed by atoms with Crippen LogP contribution in [0.5, 0.6) is 5.75 Å². The Morgan fingerprint density at radius 3 is 2.48 bits per heavy atom. The van der Waals surface area contributed by atoms with Crippen molar-refractivity contribution in [3.8, 4) is 5.75 Å². The Hall–Kier alpha value is -2.52. The van der Waals surface area contributed by atoms with E-state index >= 15 is 0 Å². The second-order valence-electron chi connectivity index (χ2n) is 7.03. The van der Waals surface area contributed by atoms with Crippen LogP contribution in [0.2, 0.25) is 5.02 Å². The van der Waals surface area contributed by atoms with Gasteiger partial charge in [0.25, 0.3) is 11.8 Å². The lowest BCUT2D eigenvalue weighted by molar-refractivity contribution is -0.122. The van der Waals surface area contributed by atoms with Crippen molar-refractivity contribution in [3.05, 3.63) is 97.4 Å². The fourth-order valence-electron chi connectivity index (χ4n) is 3.13. The Balaban J connectivity index is 1.52. The standard InChI is InChI=1S/C24H15Br2ClN2O3S/c25-16-7-6-15(21(26)11-16)13-32-19-8-4-14(5-9-19)10-20-22(30)28-24(33)29(23(20)31)18-3-1-2-17(27)12-18/h1-12H,13H2,(H,28,30,33)/b20-10-. The highest BCUT2D eigenvalue weighted by molar-refractivity contribution is 9.11. The molecule has 2 amide bonds. The van der Waals surface area contributed by atoms with Crippen molar-refractivity contribution in [2.45, 2.75) is 6.61 Å². The van der Waals surface area contributed by atoms with Crippen LogP contribution in [0.4, 0.5) is 5.69 Å². The summed E-state index contributed by atoms with van der Waals surface area (Å²) < 4.78 is 7.77. The molecule has 1 heterocycles. The normalized spacial score (nSPS) is 15.1. The van der Waals surface area contributed by atoms with Crippen LogP contribution in [-0.4, -0.2) is 16.9 Å². The van der Waals surface area contributed by atoms with Gasteiger partial charge in [0.05, 0.1) is 5.69 Å². The third-order valence-corrected chi connectivity index (χ3v) is 6.52. The molecule has 0 saturated carbocycles. The van der Waals surface area contributed by atoms with E-state index in [-0.39, 0.29) is 10.7 Å². The van der Waals surface area contributed by atoms with Gasteiger partial charge in [0.15, 0.2) is 5.11 Å². The van der Waals surface area contributed by atoms with E-state index in [9.17, 15) is 9.59 Å². The van der Waals surface area contributed by atoms with Crippen molar-refractivity contribution in [1.29, 1.82) is 0 Å². The third-order valence-electron chi connectivity index (χ3n) is 4.77. The smallest absolute Gasteiger partial charge is 0.270 e. The van der Waals surface area contributed by atoms with E-state index in [2.05, 4.69) is 37.2 Å². The van der Waals surface area contributed by atoms with Crippen molar-refractivity contribution in [3.63, 3.8) is 0 Å². The zero-order chi connectivity index (χ0) is 23.5. The first-order valence-corrected chi connectivity index (χ1v) is 12.0. The van der Waals surface area contributed by atoms with E-state index in [1.165, 1.54) is 11.0 Å². The summed E-state index contributed by atoms with van der Waals surface area (Å²) in [6, 6.07) is 19.7. The molecule has 9 heteroatoms. The zero-order valence-corrected chi connectivity index (χ0v) is 21.6. The van der Waals surface area contributed by atoms with Gasteiger partial charge < -0.3 is 4.74 Å². The lowest BCUT2D eigenvalue weighted by Crippen LogP contribution is -2.54. The van der Waals surface area contributed by atoms with Crippen LogP contribution >= 0.6 is 55.7 Å². The molecule has 1 aliphatic heterocycles. The molecule has 0 aromatic heterocycles. The molecule has 0 spiro atoms. The minimum Gasteiger partial charge on any atom is -0.489 e. The van der Waals surface area contributed by atoms with E-state index in [0.717, 1.165) is 14.5 Å². The predicted octanol–water partition coefficient (Wildman–Crippen LogP) is 6.28. The largest absolute Gasteiger partial charge is 0.489 e. The number of hydrogen-bond acceptors (Lipinski definition) is 4. The van der Waals surface area contributed by atoms with Gasteiger partial charge in [-0.1, -0.05) is 67.7 Å². The molecule has 0 aliphatic carbocycles. The maximum absolute atomic E-state index is 13.1. The van der Waals surface area contributed by atoms with E-state index in [0.29, 0.717) is 28.6 Å². The summed E-state index contributed by atoms with van der Waals surface area (Å²) >= 11 is 18.2. The van der Waals surface area contributed by atoms with E-state index in [1.807, 2.05) is 18.2 Å². The number of rotatable bonds is 5. The van der Waals surface area contributed by atoms with Gasteiger partial charge in [0.2, 0.25) is 0 Å². The molecule has 0 atom stereocenters. The summed E-state index contributed by atoms with van der Waals surface area (Å²) in [6.07, 6.45) is 1.52. The molecule has 0 bridgehead atoms. The van der Waals surface area contributed by atoms with Crippen LogP contribution in [0, 0.1) is 0 Å². The SMILES string of the molecule is O=C1NC(=S)N(c2cccc(Cl)c2)C(=O)/C1=C\c1ccc(OCc2ccc(Br)cc2Br)cc1. The molecule has 3 aromatic carbocycles. The Bertz CT molecular complexity index is 1300. The minimum absolute atomic E-state index is 0.00673. The number of halogens is 3. The number of carbonyl (C=O) groups excluding carboxylic acids is 2. The van der Waals surface area contributed by atoms with Gasteiger partial charge in [-0.2, -0.15) is 0 Å². The molecule has 1 aliphatic rings. The number of nitrogens with one attached hydrogen (secondary N) is 1. The topological polar surface area (TPSA) is 58.6 Å². The highest BCUT2D eigenvalue weighted by Crippen LogP contribution is 2.26.